The van der Waals surface area contributed by atoms with Gasteiger partial charge in [0.1, 0.15) is 11.4 Å². The van der Waals surface area contributed by atoms with Crippen molar-refractivity contribution in [1.82, 2.24) is 4.90 Å². The number of para-hydroxylation sites is 2. The van der Waals surface area contributed by atoms with Crippen molar-refractivity contribution < 1.29 is 4.74 Å². The molecule has 1 unspecified atom stereocenters. The van der Waals surface area contributed by atoms with Crippen molar-refractivity contribution in [2.24, 2.45) is 0 Å². The Morgan fingerprint density at radius 2 is 1.50 bits per heavy atom. The first kappa shape index (κ1) is 16.2. The lowest BCUT2D eigenvalue weighted by Crippen LogP contribution is -2.51. The molecule has 3 aliphatic rings. The van der Waals surface area contributed by atoms with Gasteiger partial charge in [-0.05, 0) is 43.9 Å². The second-order valence-electron chi connectivity index (χ2n) is 8.11. The lowest BCUT2D eigenvalue weighted by atomic mass is 9.85. The fraction of sp³-hybridized carbons (Fsp3) is 0.478. The minimum atomic E-state index is 0.0928. The zero-order valence-corrected chi connectivity index (χ0v) is 15.4. The third-order valence-corrected chi connectivity index (χ3v) is 6.56. The Kier molecular flexibility index (Phi) is 4.12. The first-order valence-corrected chi connectivity index (χ1v) is 10.2. The van der Waals surface area contributed by atoms with Gasteiger partial charge in [-0.3, -0.25) is 4.90 Å². The molecule has 2 aromatic carbocycles. The average molecular weight is 348 g/mol. The minimum Gasteiger partial charge on any atom is -0.487 e. The molecule has 3 heteroatoms. The molecule has 2 fully saturated rings. The number of ether oxygens (including phenoxy) is 1. The Hall–Kier alpha value is -2.00. The van der Waals surface area contributed by atoms with E-state index in [0.29, 0.717) is 6.04 Å². The van der Waals surface area contributed by atoms with Crippen molar-refractivity contribution in [3.63, 3.8) is 0 Å². The molecule has 1 spiro atoms. The summed E-state index contributed by atoms with van der Waals surface area (Å²) < 4.78 is 6.55. The highest BCUT2D eigenvalue weighted by molar-refractivity contribution is 5.46. The first-order valence-electron chi connectivity index (χ1n) is 10.2. The van der Waals surface area contributed by atoms with Crippen LogP contribution in [-0.2, 0) is 0 Å². The predicted molar refractivity (Wildman–Crippen MR) is 106 cm³/mol. The first-order chi connectivity index (χ1) is 12.8. The van der Waals surface area contributed by atoms with Crippen LogP contribution in [0.3, 0.4) is 0 Å². The van der Waals surface area contributed by atoms with Crippen LogP contribution in [0.4, 0.5) is 5.69 Å². The van der Waals surface area contributed by atoms with Gasteiger partial charge in [0.15, 0.2) is 0 Å². The van der Waals surface area contributed by atoms with Gasteiger partial charge in [0.2, 0.25) is 0 Å². The van der Waals surface area contributed by atoms with Gasteiger partial charge in [-0.1, -0.05) is 36.4 Å². The van der Waals surface area contributed by atoms with Crippen LogP contribution in [0, 0.1) is 0 Å². The van der Waals surface area contributed by atoms with E-state index in [1.54, 1.807) is 0 Å². The number of benzene rings is 2. The maximum Gasteiger partial charge on any atom is 0.124 e. The molecular weight excluding hydrogens is 320 g/mol. The molecule has 1 saturated heterocycles. The Morgan fingerprint density at radius 3 is 2.27 bits per heavy atom. The maximum atomic E-state index is 6.55. The van der Waals surface area contributed by atoms with Crippen molar-refractivity contribution in [2.75, 3.05) is 31.1 Å². The number of anilines is 1. The van der Waals surface area contributed by atoms with Crippen LogP contribution in [0.2, 0.25) is 0 Å². The van der Waals surface area contributed by atoms with Crippen LogP contribution in [0.15, 0.2) is 54.6 Å². The van der Waals surface area contributed by atoms with E-state index in [1.807, 2.05) is 0 Å². The van der Waals surface area contributed by atoms with E-state index in [2.05, 4.69) is 64.4 Å². The van der Waals surface area contributed by atoms with Crippen molar-refractivity contribution in [3.05, 3.63) is 60.2 Å². The summed E-state index contributed by atoms with van der Waals surface area (Å²) in [7, 11) is 0. The third-order valence-electron chi connectivity index (χ3n) is 6.56. The van der Waals surface area contributed by atoms with Gasteiger partial charge in [0, 0.05) is 49.9 Å². The van der Waals surface area contributed by atoms with Crippen molar-refractivity contribution in [1.29, 1.82) is 0 Å². The molecule has 0 bridgehead atoms. The van der Waals surface area contributed by atoms with Crippen molar-refractivity contribution in [3.8, 4) is 5.75 Å². The fourth-order valence-electron chi connectivity index (χ4n) is 5.17. The minimum absolute atomic E-state index is 0.0928. The molecule has 5 rings (SSSR count). The Morgan fingerprint density at radius 1 is 0.808 bits per heavy atom. The summed E-state index contributed by atoms with van der Waals surface area (Å²) in [4.78, 5) is 5.23. The Balaban J connectivity index is 1.36. The maximum absolute atomic E-state index is 6.55. The quantitative estimate of drug-likeness (QED) is 0.786. The molecule has 0 N–H and O–H groups in total. The van der Waals surface area contributed by atoms with Gasteiger partial charge in [0.25, 0.3) is 0 Å². The molecule has 1 atom stereocenters. The number of hydrogen-bond acceptors (Lipinski definition) is 3. The van der Waals surface area contributed by atoms with E-state index in [9.17, 15) is 0 Å². The average Bonchev–Trinajstić information content (AvgIpc) is 3.15. The van der Waals surface area contributed by atoms with Gasteiger partial charge in [0.05, 0.1) is 0 Å². The van der Waals surface area contributed by atoms with E-state index in [-0.39, 0.29) is 5.60 Å². The lowest BCUT2D eigenvalue weighted by molar-refractivity contribution is 0.00555. The monoisotopic (exact) mass is 348 g/mol. The second kappa shape index (κ2) is 6.62. The highest BCUT2D eigenvalue weighted by Gasteiger charge is 2.44. The summed E-state index contributed by atoms with van der Waals surface area (Å²) in [6, 6.07) is 20.1. The molecule has 0 aromatic heterocycles. The van der Waals surface area contributed by atoms with Gasteiger partial charge in [-0.2, -0.15) is 0 Å². The number of piperazine rings is 1. The van der Waals surface area contributed by atoms with Crippen LogP contribution >= 0.6 is 0 Å². The fourth-order valence-corrected chi connectivity index (χ4v) is 5.17. The van der Waals surface area contributed by atoms with Crippen LogP contribution in [0.5, 0.6) is 5.75 Å². The predicted octanol–water partition coefficient (Wildman–Crippen LogP) is 4.65. The van der Waals surface area contributed by atoms with Gasteiger partial charge in [-0.25, -0.2) is 0 Å². The SMILES string of the molecule is c1ccc(N2CCN(C3CC4(CCCC4)Oc4ccccc43)CC2)cc1. The van der Waals surface area contributed by atoms with E-state index >= 15 is 0 Å². The molecule has 1 saturated carbocycles. The number of hydrogen-bond donors (Lipinski definition) is 0. The molecule has 2 aliphatic heterocycles. The standard InChI is InChI=1S/C23H28N2O/c1-2-8-19(9-3-1)24-14-16-25(17-15-24)21-18-23(12-6-7-13-23)26-22-11-5-4-10-20(21)22/h1-5,8-11,21H,6-7,12-18H2. The second-order valence-corrected chi connectivity index (χ2v) is 8.11. The van der Waals surface area contributed by atoms with Crippen LogP contribution in [-0.4, -0.2) is 36.7 Å². The number of fused-ring (bicyclic) bond motifs is 1. The molecule has 136 valence electrons. The molecule has 1 aliphatic carbocycles. The van der Waals surface area contributed by atoms with Gasteiger partial charge in [-0.15, -0.1) is 0 Å². The summed E-state index contributed by atoms with van der Waals surface area (Å²) in [5, 5.41) is 0. The third kappa shape index (κ3) is 2.88. The zero-order chi connectivity index (χ0) is 17.4. The molecule has 0 amide bonds. The highest BCUT2D eigenvalue weighted by Crippen LogP contribution is 2.49. The Bertz CT molecular complexity index is 746. The zero-order valence-electron chi connectivity index (χ0n) is 15.4. The Labute approximate surface area is 156 Å². The van der Waals surface area contributed by atoms with Gasteiger partial charge < -0.3 is 9.64 Å². The molecular formula is C23H28N2O. The number of rotatable bonds is 2. The van der Waals surface area contributed by atoms with Gasteiger partial charge >= 0.3 is 0 Å². The summed E-state index contributed by atoms with van der Waals surface area (Å²) in [5.74, 6) is 1.14. The smallest absolute Gasteiger partial charge is 0.124 e. The summed E-state index contributed by atoms with van der Waals surface area (Å²) in [6.45, 7) is 4.47. The van der Waals surface area contributed by atoms with Crippen LogP contribution in [0.25, 0.3) is 0 Å². The normalized spacial score (nSPS) is 25.1. The van der Waals surface area contributed by atoms with Crippen molar-refractivity contribution >= 4 is 5.69 Å². The molecule has 26 heavy (non-hydrogen) atoms. The molecule has 2 aromatic rings. The lowest BCUT2D eigenvalue weighted by Gasteiger charge is -2.47. The summed E-state index contributed by atoms with van der Waals surface area (Å²) in [6.07, 6.45) is 6.24. The van der Waals surface area contributed by atoms with Crippen LogP contribution in [0.1, 0.15) is 43.7 Å². The highest BCUT2D eigenvalue weighted by atomic mass is 16.5. The topological polar surface area (TPSA) is 15.7 Å². The van der Waals surface area contributed by atoms with Crippen molar-refractivity contribution in [2.45, 2.75) is 43.7 Å². The summed E-state index contributed by atoms with van der Waals surface area (Å²) in [5.41, 5.74) is 2.85. The van der Waals surface area contributed by atoms with E-state index in [1.165, 1.54) is 36.9 Å². The van der Waals surface area contributed by atoms with Crippen LogP contribution < -0.4 is 9.64 Å². The number of nitrogens with zero attached hydrogens (tertiary/aromatic N) is 2. The van der Waals surface area contributed by atoms with E-state index < -0.39 is 0 Å². The molecule has 3 nitrogen and oxygen atoms in total. The molecule has 2 heterocycles. The largest absolute Gasteiger partial charge is 0.487 e. The molecule has 0 radical (unpaired) electrons. The van der Waals surface area contributed by atoms with E-state index in [4.69, 9.17) is 4.74 Å². The van der Waals surface area contributed by atoms with E-state index in [0.717, 1.165) is 38.3 Å². The summed E-state index contributed by atoms with van der Waals surface area (Å²) >= 11 is 0.